The van der Waals surface area contributed by atoms with E-state index in [-0.39, 0.29) is 54.7 Å². The van der Waals surface area contributed by atoms with E-state index < -0.39 is 46.8 Å². The van der Waals surface area contributed by atoms with Gasteiger partial charge >= 0.3 is 15.6 Å². The molecule has 19 heteroatoms. The number of fused-ring (bicyclic) bond motifs is 1. The number of hydrogen-bond acceptors (Lipinski definition) is 11. The van der Waals surface area contributed by atoms with Crippen LogP contribution in [-0.2, 0) is 22.7 Å². The van der Waals surface area contributed by atoms with Gasteiger partial charge in [0.25, 0.3) is 0 Å². The van der Waals surface area contributed by atoms with E-state index in [1.54, 1.807) is 0 Å². The average molecular weight is 441 g/mol. The summed E-state index contributed by atoms with van der Waals surface area (Å²) < 4.78 is 36.8. The summed E-state index contributed by atoms with van der Waals surface area (Å²) in [5.74, 6) is 0.0856. The van der Waals surface area contributed by atoms with E-state index in [0.29, 0.717) is 0 Å². The van der Waals surface area contributed by atoms with Gasteiger partial charge in [-0.2, -0.15) is 4.31 Å². The summed E-state index contributed by atoms with van der Waals surface area (Å²) in [5.41, 5.74) is 6.11. The first-order chi connectivity index (χ1) is 12.5. The van der Waals surface area contributed by atoms with Gasteiger partial charge in [-0.05, 0) is 0 Å². The van der Waals surface area contributed by atoms with Gasteiger partial charge in [0, 0.05) is 37.7 Å². The maximum Gasteiger partial charge on any atom is 0.481 e. The van der Waals surface area contributed by atoms with Gasteiger partial charge in [-0.3, -0.25) is 9.09 Å². The van der Waals surface area contributed by atoms with Crippen molar-refractivity contribution in [2.24, 2.45) is 0 Å². The summed E-state index contributed by atoms with van der Waals surface area (Å²) in [7, 11) is -10.4. The number of nitrogens with zero attached hydrogens (tertiary/aromatic N) is 4. The molecular formula is C10H15Li2N5O10P2. The van der Waals surface area contributed by atoms with Crippen molar-refractivity contribution in [1.29, 1.82) is 0 Å². The van der Waals surface area contributed by atoms with Gasteiger partial charge in [0.05, 0.1) is 12.9 Å². The molecular weight excluding hydrogens is 426 g/mol. The van der Waals surface area contributed by atoms with Crippen LogP contribution in [0.15, 0.2) is 12.7 Å². The van der Waals surface area contributed by atoms with E-state index in [1.807, 2.05) is 0 Å². The summed E-state index contributed by atoms with van der Waals surface area (Å²) in [5, 5.41) is 20.3. The molecule has 0 aliphatic carbocycles. The predicted molar refractivity (Wildman–Crippen MR) is 96.1 cm³/mol. The Kier molecular flexibility index (Phi) is 9.10. The molecule has 7 N–H and O–H groups in total. The van der Waals surface area contributed by atoms with Gasteiger partial charge in [-0.25, -0.2) is 24.1 Å². The van der Waals surface area contributed by atoms with Crippen molar-refractivity contribution < 1.29 is 47.6 Å². The Morgan fingerprint density at radius 1 is 1.14 bits per heavy atom. The molecule has 1 aliphatic rings. The third-order valence-electron chi connectivity index (χ3n) is 3.61. The van der Waals surface area contributed by atoms with Gasteiger partial charge in [0.1, 0.15) is 30.2 Å². The number of aliphatic hydroxyl groups is 2. The van der Waals surface area contributed by atoms with E-state index in [4.69, 9.17) is 20.3 Å². The number of aliphatic hydroxyl groups excluding tert-OH is 2. The fourth-order valence-corrected chi connectivity index (χ4v) is 4.08. The Balaban J connectivity index is 0.00000210. The first-order valence-electron chi connectivity index (χ1n) is 7.17. The van der Waals surface area contributed by atoms with Crippen molar-refractivity contribution in [3.63, 3.8) is 0 Å². The van der Waals surface area contributed by atoms with Gasteiger partial charge in [-0.15, -0.1) is 0 Å². The zero-order valence-electron chi connectivity index (χ0n) is 15.2. The standard InChI is InChI=1S/C10H15N5O10P2.2Li/c11-8-5-9(13-2-12-8)15(3-14-5)10-7(17)6(16)4(24-10)1-23-27(21,22)25-26(18,19)20;;/h2-4,6-7,10,16-17H,1H2,(H,21,22)(H2,11,12,13)(H2,18,19,20);;. The Hall–Kier alpha value is -0.315. The van der Waals surface area contributed by atoms with E-state index in [0.717, 1.165) is 6.33 Å². The Labute approximate surface area is 186 Å². The molecule has 5 unspecified atom stereocenters. The molecule has 5 atom stereocenters. The van der Waals surface area contributed by atoms with Gasteiger partial charge in [-0.1, -0.05) is 0 Å². The van der Waals surface area contributed by atoms with Crippen LogP contribution in [0, 0.1) is 0 Å². The number of aromatic nitrogens is 4. The summed E-state index contributed by atoms with van der Waals surface area (Å²) in [6, 6.07) is 0. The van der Waals surface area contributed by atoms with Crippen LogP contribution in [0.3, 0.4) is 0 Å². The van der Waals surface area contributed by atoms with Crippen molar-refractivity contribution in [1.82, 2.24) is 19.5 Å². The van der Waals surface area contributed by atoms with E-state index >= 15 is 0 Å². The smallest absolute Gasteiger partial charge is 0.387 e. The minimum Gasteiger partial charge on any atom is -0.387 e. The number of ether oxygens (including phenoxy) is 1. The number of hydrogen-bond donors (Lipinski definition) is 6. The van der Waals surface area contributed by atoms with E-state index in [1.165, 1.54) is 10.9 Å². The van der Waals surface area contributed by atoms with Crippen molar-refractivity contribution in [2.75, 3.05) is 12.3 Å². The molecule has 0 aromatic carbocycles. The SMILES string of the molecule is Nc1ncnc2c1ncn2C1OC(COP(=O)(O)OP(=O)(O)O)C(O)C1O.[Li].[Li]. The minimum absolute atomic E-state index is 0. The third kappa shape index (κ3) is 6.11. The van der Waals surface area contributed by atoms with E-state index in [9.17, 15) is 24.2 Å². The van der Waals surface area contributed by atoms with Crippen molar-refractivity contribution >= 4 is 70.3 Å². The zero-order chi connectivity index (χ0) is 20.0. The van der Waals surface area contributed by atoms with Gasteiger partial charge in [0.15, 0.2) is 17.7 Å². The van der Waals surface area contributed by atoms with Gasteiger partial charge < -0.3 is 35.4 Å². The maximum atomic E-state index is 11.5. The molecule has 1 fully saturated rings. The second kappa shape index (κ2) is 9.87. The topological polar surface area (TPSA) is 233 Å². The number of imidazole rings is 1. The molecule has 0 amide bonds. The summed E-state index contributed by atoms with van der Waals surface area (Å²) >= 11 is 0. The van der Waals surface area contributed by atoms with Crippen molar-refractivity contribution in [3.05, 3.63) is 12.7 Å². The molecule has 2 radical (unpaired) electrons. The Bertz CT molecular complexity index is 943. The summed E-state index contributed by atoms with van der Waals surface area (Å²) in [6.07, 6.45) is -3.20. The number of phosphoric ester groups is 1. The second-order valence-electron chi connectivity index (χ2n) is 5.47. The minimum atomic E-state index is -5.29. The van der Waals surface area contributed by atoms with Crippen LogP contribution >= 0.6 is 15.6 Å². The molecule has 1 saturated heterocycles. The summed E-state index contributed by atoms with van der Waals surface area (Å²) in [6.45, 7) is -0.813. The summed E-state index contributed by atoms with van der Waals surface area (Å²) in [4.78, 5) is 38.1. The molecule has 152 valence electrons. The molecule has 3 heterocycles. The van der Waals surface area contributed by atoms with Crippen molar-refractivity contribution in [2.45, 2.75) is 24.5 Å². The number of nitrogens with two attached hydrogens (primary N) is 1. The molecule has 3 rings (SSSR count). The molecule has 0 saturated carbocycles. The average Bonchev–Trinajstić information content (AvgIpc) is 3.07. The van der Waals surface area contributed by atoms with Gasteiger partial charge in [0.2, 0.25) is 0 Å². The van der Waals surface area contributed by atoms with Crippen LogP contribution in [0.1, 0.15) is 6.23 Å². The van der Waals surface area contributed by atoms with Crippen LogP contribution in [0.5, 0.6) is 0 Å². The first kappa shape index (κ1) is 26.7. The van der Waals surface area contributed by atoms with Crippen LogP contribution in [0.2, 0.25) is 0 Å². The Morgan fingerprint density at radius 3 is 2.41 bits per heavy atom. The van der Waals surface area contributed by atoms with Crippen LogP contribution in [0.4, 0.5) is 5.82 Å². The fraction of sp³-hybridized carbons (Fsp3) is 0.500. The molecule has 1 aliphatic heterocycles. The predicted octanol–water partition coefficient (Wildman–Crippen LogP) is -2.51. The zero-order valence-corrected chi connectivity index (χ0v) is 17.0. The largest absolute Gasteiger partial charge is 0.481 e. The molecule has 29 heavy (non-hydrogen) atoms. The molecule has 0 bridgehead atoms. The van der Waals surface area contributed by atoms with Crippen molar-refractivity contribution in [3.8, 4) is 0 Å². The Morgan fingerprint density at radius 2 is 1.79 bits per heavy atom. The monoisotopic (exact) mass is 441 g/mol. The second-order valence-corrected chi connectivity index (χ2v) is 8.30. The number of phosphoric acid groups is 2. The maximum absolute atomic E-state index is 11.5. The number of rotatable bonds is 6. The molecule has 2 aromatic heterocycles. The van der Waals surface area contributed by atoms with Crippen LogP contribution in [0.25, 0.3) is 11.2 Å². The normalized spacial score (nSPS) is 26.5. The fourth-order valence-electron chi connectivity index (χ4n) is 2.48. The molecule has 0 spiro atoms. The van der Waals surface area contributed by atoms with Crippen LogP contribution < -0.4 is 5.73 Å². The molecule has 15 nitrogen and oxygen atoms in total. The van der Waals surface area contributed by atoms with E-state index in [2.05, 4.69) is 23.8 Å². The first-order valence-corrected chi connectivity index (χ1v) is 10.2. The third-order valence-corrected chi connectivity index (χ3v) is 5.76. The van der Waals surface area contributed by atoms with Crippen LogP contribution in [-0.4, -0.2) is 107 Å². The quantitative estimate of drug-likeness (QED) is 0.201. The number of anilines is 1. The number of nitrogen functional groups attached to an aromatic ring is 1. The molecule has 2 aromatic rings.